The van der Waals surface area contributed by atoms with E-state index in [0.29, 0.717) is 13.0 Å². The third-order valence-electron chi connectivity index (χ3n) is 5.49. The van der Waals surface area contributed by atoms with E-state index in [-0.39, 0.29) is 5.75 Å². The van der Waals surface area contributed by atoms with Crippen molar-refractivity contribution in [2.45, 2.75) is 51.7 Å². The molecule has 1 aliphatic rings. The highest BCUT2D eigenvalue weighted by Gasteiger charge is 2.13. The molecule has 4 nitrogen and oxygen atoms in total. The summed E-state index contributed by atoms with van der Waals surface area (Å²) < 4.78 is 27.6. The normalized spacial score (nSPS) is 15.4. The van der Waals surface area contributed by atoms with Crippen LogP contribution in [-0.4, -0.2) is 28.1 Å². The highest BCUT2D eigenvalue weighted by molar-refractivity contribution is 7.88. The molecule has 0 unspecified atom stereocenters. The Morgan fingerprint density at radius 2 is 1.61 bits per heavy atom. The average molecular weight is 401 g/mol. The molecule has 0 amide bonds. The molecule has 0 spiro atoms. The molecule has 0 bridgehead atoms. The Bertz CT molecular complexity index is 868. The Morgan fingerprint density at radius 3 is 2.29 bits per heavy atom. The second-order valence-electron chi connectivity index (χ2n) is 7.90. The first-order valence-electron chi connectivity index (χ1n) is 10.3. The van der Waals surface area contributed by atoms with E-state index in [1.54, 1.807) is 0 Å². The van der Waals surface area contributed by atoms with Gasteiger partial charge in [-0.15, -0.1) is 0 Å². The largest absolute Gasteiger partial charge is 0.372 e. The predicted octanol–water partition coefficient (Wildman–Crippen LogP) is 4.35. The van der Waals surface area contributed by atoms with Crippen molar-refractivity contribution < 1.29 is 8.42 Å². The van der Waals surface area contributed by atoms with Crippen LogP contribution in [0.15, 0.2) is 42.5 Å². The Morgan fingerprint density at radius 1 is 0.929 bits per heavy atom. The smallest absolute Gasteiger partial charge is 0.215 e. The number of nitrogens with one attached hydrogen (secondary N) is 1. The fourth-order valence-electron chi connectivity index (χ4n) is 3.76. The van der Waals surface area contributed by atoms with Crippen molar-refractivity contribution in [2.24, 2.45) is 0 Å². The molecule has 1 heterocycles. The van der Waals surface area contributed by atoms with E-state index in [1.807, 2.05) is 32.0 Å². The zero-order valence-electron chi connectivity index (χ0n) is 17.1. The molecular weight excluding hydrogens is 368 g/mol. The quantitative estimate of drug-likeness (QED) is 0.752. The Labute approximate surface area is 170 Å². The standard InChI is InChI=1S/C23H32N2O2S/c1-19-7-8-20(2)22(17-19)18-28(26,27)24-14-13-21-9-11-23(12-10-21)25-15-5-3-4-6-16-25/h7-12,17,24H,3-6,13-16,18H2,1-2H3. The van der Waals surface area contributed by atoms with Crippen LogP contribution < -0.4 is 9.62 Å². The SMILES string of the molecule is Cc1ccc(C)c(CS(=O)(=O)NCCc2ccc(N3CCCCCC3)cc2)c1. The Kier molecular flexibility index (Phi) is 7.13. The summed E-state index contributed by atoms with van der Waals surface area (Å²) in [7, 11) is -3.33. The van der Waals surface area contributed by atoms with Gasteiger partial charge >= 0.3 is 0 Å². The maximum absolute atomic E-state index is 12.4. The number of sulfonamides is 1. The molecular formula is C23H32N2O2S. The third-order valence-corrected chi connectivity index (χ3v) is 6.83. The van der Waals surface area contributed by atoms with Crippen molar-refractivity contribution in [2.75, 3.05) is 24.5 Å². The first-order valence-corrected chi connectivity index (χ1v) is 12.0. The van der Waals surface area contributed by atoms with E-state index < -0.39 is 10.0 Å². The summed E-state index contributed by atoms with van der Waals surface area (Å²) in [5.41, 5.74) is 5.41. The van der Waals surface area contributed by atoms with Crippen LogP contribution in [0.25, 0.3) is 0 Å². The molecule has 5 heteroatoms. The van der Waals surface area contributed by atoms with E-state index in [4.69, 9.17) is 0 Å². The Balaban J connectivity index is 1.51. The summed E-state index contributed by atoms with van der Waals surface area (Å²) in [6.45, 7) is 6.64. The van der Waals surface area contributed by atoms with E-state index >= 15 is 0 Å². The van der Waals surface area contributed by atoms with Crippen molar-refractivity contribution in [3.8, 4) is 0 Å². The van der Waals surface area contributed by atoms with Gasteiger partial charge in [0.05, 0.1) is 5.75 Å². The molecule has 0 aliphatic carbocycles. The van der Waals surface area contributed by atoms with Crippen LogP contribution in [-0.2, 0) is 22.2 Å². The van der Waals surface area contributed by atoms with E-state index in [1.165, 1.54) is 31.4 Å². The van der Waals surface area contributed by atoms with Crippen molar-refractivity contribution in [1.82, 2.24) is 4.72 Å². The van der Waals surface area contributed by atoms with Gasteiger partial charge in [0, 0.05) is 25.3 Å². The van der Waals surface area contributed by atoms with Gasteiger partial charge in [0.1, 0.15) is 0 Å². The molecule has 3 rings (SSSR count). The Hall–Kier alpha value is -1.85. The van der Waals surface area contributed by atoms with Crippen LogP contribution in [0.1, 0.15) is 47.9 Å². The van der Waals surface area contributed by atoms with Crippen molar-refractivity contribution >= 4 is 15.7 Å². The monoisotopic (exact) mass is 400 g/mol. The van der Waals surface area contributed by atoms with Gasteiger partial charge in [-0.05, 0) is 61.9 Å². The number of aryl methyl sites for hydroxylation is 2. The first-order chi connectivity index (χ1) is 13.4. The molecule has 0 aromatic heterocycles. The third kappa shape index (κ3) is 6.08. The number of benzene rings is 2. The van der Waals surface area contributed by atoms with Gasteiger partial charge in [-0.2, -0.15) is 0 Å². The zero-order valence-corrected chi connectivity index (χ0v) is 17.9. The van der Waals surface area contributed by atoms with Crippen molar-refractivity contribution in [1.29, 1.82) is 0 Å². The summed E-state index contributed by atoms with van der Waals surface area (Å²) in [5, 5.41) is 0. The molecule has 1 saturated heterocycles. The van der Waals surface area contributed by atoms with Gasteiger partial charge in [-0.3, -0.25) is 0 Å². The lowest BCUT2D eigenvalue weighted by molar-refractivity contribution is 0.580. The fourth-order valence-corrected chi connectivity index (χ4v) is 5.00. The van der Waals surface area contributed by atoms with Crippen LogP contribution in [0.2, 0.25) is 0 Å². The molecule has 1 N–H and O–H groups in total. The number of nitrogens with zero attached hydrogens (tertiary/aromatic N) is 1. The maximum atomic E-state index is 12.4. The summed E-state index contributed by atoms with van der Waals surface area (Å²) in [4.78, 5) is 2.46. The number of hydrogen-bond donors (Lipinski definition) is 1. The van der Waals surface area contributed by atoms with Crippen LogP contribution >= 0.6 is 0 Å². The van der Waals surface area contributed by atoms with Gasteiger partial charge in [0.25, 0.3) is 0 Å². The van der Waals surface area contributed by atoms with Gasteiger partial charge in [-0.25, -0.2) is 13.1 Å². The van der Waals surface area contributed by atoms with Crippen LogP contribution in [0.5, 0.6) is 0 Å². The van der Waals surface area contributed by atoms with E-state index in [2.05, 4.69) is 33.9 Å². The average Bonchev–Trinajstić information content (AvgIpc) is 2.94. The minimum atomic E-state index is -3.33. The summed E-state index contributed by atoms with van der Waals surface area (Å²) >= 11 is 0. The highest BCUT2D eigenvalue weighted by atomic mass is 32.2. The summed E-state index contributed by atoms with van der Waals surface area (Å²) in [5.74, 6) is 0.0361. The first kappa shape index (κ1) is 20.9. The summed E-state index contributed by atoms with van der Waals surface area (Å²) in [6.07, 6.45) is 5.90. The lowest BCUT2D eigenvalue weighted by Gasteiger charge is -2.22. The topological polar surface area (TPSA) is 49.4 Å². The van der Waals surface area contributed by atoms with Gasteiger partial charge in [0.15, 0.2) is 0 Å². The lowest BCUT2D eigenvalue weighted by Crippen LogP contribution is -2.27. The highest BCUT2D eigenvalue weighted by Crippen LogP contribution is 2.20. The minimum Gasteiger partial charge on any atom is -0.372 e. The predicted molar refractivity (Wildman–Crippen MR) is 117 cm³/mol. The van der Waals surface area contributed by atoms with Crippen molar-refractivity contribution in [3.05, 3.63) is 64.7 Å². The van der Waals surface area contributed by atoms with Crippen LogP contribution in [0, 0.1) is 13.8 Å². The van der Waals surface area contributed by atoms with Crippen LogP contribution in [0.4, 0.5) is 5.69 Å². The van der Waals surface area contributed by atoms with E-state index in [9.17, 15) is 8.42 Å². The second kappa shape index (κ2) is 9.57. The molecule has 0 atom stereocenters. The fraction of sp³-hybridized carbons (Fsp3) is 0.478. The zero-order chi connectivity index (χ0) is 20.0. The van der Waals surface area contributed by atoms with Crippen molar-refractivity contribution in [3.63, 3.8) is 0 Å². The molecule has 1 aliphatic heterocycles. The second-order valence-corrected chi connectivity index (χ2v) is 9.71. The van der Waals surface area contributed by atoms with Crippen LogP contribution in [0.3, 0.4) is 0 Å². The maximum Gasteiger partial charge on any atom is 0.215 e. The minimum absolute atomic E-state index is 0.0361. The molecule has 0 radical (unpaired) electrons. The van der Waals surface area contributed by atoms with Gasteiger partial charge < -0.3 is 4.90 Å². The summed E-state index contributed by atoms with van der Waals surface area (Å²) in [6, 6.07) is 14.5. The molecule has 2 aromatic carbocycles. The lowest BCUT2D eigenvalue weighted by atomic mass is 10.1. The molecule has 0 saturated carbocycles. The van der Waals surface area contributed by atoms with Gasteiger partial charge in [0.2, 0.25) is 10.0 Å². The number of hydrogen-bond acceptors (Lipinski definition) is 3. The van der Waals surface area contributed by atoms with E-state index in [0.717, 1.165) is 35.3 Å². The van der Waals surface area contributed by atoms with Gasteiger partial charge in [-0.1, -0.05) is 48.7 Å². The molecule has 28 heavy (non-hydrogen) atoms. The molecule has 2 aromatic rings. The number of anilines is 1. The number of rotatable bonds is 7. The molecule has 1 fully saturated rings. The molecule has 152 valence electrons.